The number of benzene rings is 1. The van der Waals surface area contributed by atoms with E-state index in [9.17, 15) is 4.79 Å². The summed E-state index contributed by atoms with van der Waals surface area (Å²) in [7, 11) is 1.53. The number of aryl methyl sites for hydroxylation is 2. The Bertz CT molecular complexity index is 652. The molecule has 0 aliphatic carbocycles. The van der Waals surface area contributed by atoms with Gasteiger partial charge in [0.1, 0.15) is 17.3 Å². The smallest absolute Gasteiger partial charge is 0.319 e. The molecule has 2 amide bonds. The summed E-state index contributed by atoms with van der Waals surface area (Å²) in [4.78, 5) is 11.9. The fourth-order valence-electron chi connectivity index (χ4n) is 1.98. The summed E-state index contributed by atoms with van der Waals surface area (Å²) in [5, 5.41) is 5.99. The summed E-state index contributed by atoms with van der Waals surface area (Å²) in [6, 6.07) is 6.58. The highest BCUT2D eigenvalue weighted by molar-refractivity contribution is 6.31. The molecule has 0 spiro atoms. The molecule has 2 rings (SSSR count). The minimum atomic E-state index is -0.339. The van der Waals surface area contributed by atoms with E-state index >= 15 is 0 Å². The molecular formula is C15H17ClN2O3. The molecule has 0 saturated heterocycles. The maximum Gasteiger partial charge on any atom is 0.319 e. The highest BCUT2D eigenvalue weighted by atomic mass is 35.5. The van der Waals surface area contributed by atoms with Crippen molar-refractivity contribution in [3.63, 3.8) is 0 Å². The summed E-state index contributed by atoms with van der Waals surface area (Å²) in [6.07, 6.45) is 0. The number of rotatable bonds is 4. The van der Waals surface area contributed by atoms with Gasteiger partial charge in [-0.25, -0.2) is 4.79 Å². The Morgan fingerprint density at radius 2 is 2.10 bits per heavy atom. The molecule has 1 aromatic carbocycles. The van der Waals surface area contributed by atoms with Crippen molar-refractivity contribution in [3.8, 4) is 5.75 Å². The fraction of sp³-hybridized carbons (Fsp3) is 0.267. The topological polar surface area (TPSA) is 63.5 Å². The lowest BCUT2D eigenvalue weighted by Crippen LogP contribution is -2.28. The first-order valence-electron chi connectivity index (χ1n) is 6.44. The number of halogens is 1. The normalized spacial score (nSPS) is 10.3. The van der Waals surface area contributed by atoms with Gasteiger partial charge >= 0.3 is 6.03 Å². The molecule has 1 aromatic heterocycles. The molecule has 0 fully saturated rings. The molecule has 112 valence electrons. The third kappa shape index (κ3) is 3.92. The molecular weight excluding hydrogens is 292 g/mol. The van der Waals surface area contributed by atoms with Gasteiger partial charge in [0.25, 0.3) is 0 Å². The third-order valence-electron chi connectivity index (χ3n) is 2.99. The van der Waals surface area contributed by atoms with E-state index < -0.39 is 0 Å². The van der Waals surface area contributed by atoms with E-state index in [4.69, 9.17) is 20.8 Å². The first kappa shape index (κ1) is 15.3. The zero-order valence-corrected chi connectivity index (χ0v) is 12.9. The van der Waals surface area contributed by atoms with E-state index in [1.807, 2.05) is 19.9 Å². The van der Waals surface area contributed by atoms with Crippen LogP contribution in [0.15, 0.2) is 28.7 Å². The number of nitrogens with one attached hydrogen (secondary N) is 2. The Kier molecular flexibility index (Phi) is 4.75. The molecule has 5 nitrogen and oxygen atoms in total. The Hall–Kier alpha value is -2.14. The zero-order valence-electron chi connectivity index (χ0n) is 12.1. The SMILES string of the molecule is COc1ccc(Cl)cc1NC(=O)NCc1cc(C)oc1C. The van der Waals surface area contributed by atoms with Crippen LogP contribution in [-0.4, -0.2) is 13.1 Å². The first-order chi connectivity index (χ1) is 9.99. The average Bonchev–Trinajstić information content (AvgIpc) is 2.75. The number of anilines is 1. The van der Waals surface area contributed by atoms with Gasteiger partial charge < -0.3 is 19.8 Å². The van der Waals surface area contributed by atoms with Crippen LogP contribution in [0.2, 0.25) is 5.02 Å². The third-order valence-corrected chi connectivity index (χ3v) is 3.23. The van der Waals surface area contributed by atoms with Crippen molar-refractivity contribution in [2.45, 2.75) is 20.4 Å². The molecule has 21 heavy (non-hydrogen) atoms. The van der Waals surface area contributed by atoms with E-state index in [0.717, 1.165) is 17.1 Å². The van der Waals surface area contributed by atoms with Gasteiger partial charge in [0.05, 0.1) is 12.8 Å². The van der Waals surface area contributed by atoms with Gasteiger partial charge in [0, 0.05) is 17.1 Å². The Morgan fingerprint density at radius 3 is 2.71 bits per heavy atom. The van der Waals surface area contributed by atoms with Gasteiger partial charge in [0.2, 0.25) is 0 Å². The van der Waals surface area contributed by atoms with Crippen molar-refractivity contribution in [2.24, 2.45) is 0 Å². The number of furan rings is 1. The van der Waals surface area contributed by atoms with Crippen LogP contribution in [0.4, 0.5) is 10.5 Å². The predicted molar refractivity (Wildman–Crippen MR) is 82.0 cm³/mol. The maximum atomic E-state index is 11.9. The Labute approximate surface area is 128 Å². The van der Waals surface area contributed by atoms with E-state index in [-0.39, 0.29) is 6.03 Å². The molecule has 2 aromatic rings. The molecule has 1 heterocycles. The second-order valence-corrected chi connectivity index (χ2v) is 5.03. The van der Waals surface area contributed by atoms with Crippen molar-refractivity contribution in [1.29, 1.82) is 0 Å². The van der Waals surface area contributed by atoms with Crippen LogP contribution in [0.1, 0.15) is 17.1 Å². The molecule has 6 heteroatoms. The first-order valence-corrected chi connectivity index (χ1v) is 6.81. The summed E-state index contributed by atoms with van der Waals surface area (Å²) in [6.45, 7) is 4.12. The summed E-state index contributed by atoms with van der Waals surface area (Å²) < 4.78 is 10.6. The second-order valence-electron chi connectivity index (χ2n) is 4.59. The molecule has 0 aliphatic heterocycles. The van der Waals surface area contributed by atoms with E-state index in [2.05, 4.69) is 10.6 Å². The van der Waals surface area contributed by atoms with Gasteiger partial charge in [-0.15, -0.1) is 0 Å². The van der Waals surface area contributed by atoms with Crippen LogP contribution in [-0.2, 0) is 6.54 Å². The predicted octanol–water partition coefficient (Wildman–Crippen LogP) is 3.88. The average molecular weight is 309 g/mol. The summed E-state index contributed by atoms with van der Waals surface area (Å²) in [5.41, 5.74) is 1.46. The standard InChI is InChI=1S/C15H17ClN2O3/c1-9-6-11(10(2)21-9)8-17-15(19)18-13-7-12(16)4-5-14(13)20-3/h4-7H,8H2,1-3H3,(H2,17,18,19). The van der Waals surface area contributed by atoms with Gasteiger partial charge in [-0.1, -0.05) is 11.6 Å². The van der Waals surface area contributed by atoms with Gasteiger partial charge in [-0.2, -0.15) is 0 Å². The van der Waals surface area contributed by atoms with Crippen LogP contribution in [0, 0.1) is 13.8 Å². The van der Waals surface area contributed by atoms with Crippen molar-refractivity contribution < 1.29 is 13.9 Å². The van der Waals surface area contributed by atoms with Crippen LogP contribution < -0.4 is 15.4 Å². The maximum absolute atomic E-state index is 11.9. The largest absolute Gasteiger partial charge is 0.495 e. The van der Waals surface area contributed by atoms with Crippen molar-refractivity contribution in [3.05, 3.63) is 46.4 Å². The van der Waals surface area contributed by atoms with Crippen molar-refractivity contribution in [2.75, 3.05) is 12.4 Å². The van der Waals surface area contributed by atoms with Gasteiger partial charge in [-0.3, -0.25) is 0 Å². The summed E-state index contributed by atoms with van der Waals surface area (Å²) >= 11 is 5.91. The van der Waals surface area contributed by atoms with Crippen LogP contribution in [0.25, 0.3) is 0 Å². The second kappa shape index (κ2) is 6.54. The Morgan fingerprint density at radius 1 is 1.33 bits per heavy atom. The number of ether oxygens (including phenoxy) is 1. The van der Waals surface area contributed by atoms with Gasteiger partial charge in [0.15, 0.2) is 0 Å². The number of hydrogen-bond acceptors (Lipinski definition) is 3. The molecule has 0 radical (unpaired) electrons. The number of hydrogen-bond donors (Lipinski definition) is 2. The molecule has 0 saturated carbocycles. The fourth-order valence-corrected chi connectivity index (χ4v) is 2.15. The number of urea groups is 1. The molecule has 0 aliphatic rings. The monoisotopic (exact) mass is 308 g/mol. The zero-order chi connectivity index (χ0) is 15.4. The molecule has 2 N–H and O–H groups in total. The van der Waals surface area contributed by atoms with Gasteiger partial charge in [-0.05, 0) is 38.1 Å². The minimum Gasteiger partial charge on any atom is -0.495 e. The Balaban J connectivity index is 1.99. The van der Waals surface area contributed by atoms with E-state index in [1.165, 1.54) is 7.11 Å². The minimum absolute atomic E-state index is 0.339. The lowest BCUT2D eigenvalue weighted by atomic mass is 10.2. The lowest BCUT2D eigenvalue weighted by Gasteiger charge is -2.11. The lowest BCUT2D eigenvalue weighted by molar-refractivity contribution is 0.251. The number of carbonyl (C=O) groups excluding carboxylic acids is 1. The van der Waals surface area contributed by atoms with E-state index in [0.29, 0.717) is 23.0 Å². The molecule has 0 bridgehead atoms. The quantitative estimate of drug-likeness (QED) is 0.901. The van der Waals surface area contributed by atoms with E-state index in [1.54, 1.807) is 18.2 Å². The van der Waals surface area contributed by atoms with Crippen LogP contribution >= 0.6 is 11.6 Å². The van der Waals surface area contributed by atoms with Crippen molar-refractivity contribution >= 4 is 23.3 Å². The molecule has 0 atom stereocenters. The van der Waals surface area contributed by atoms with Crippen molar-refractivity contribution in [1.82, 2.24) is 5.32 Å². The summed E-state index contributed by atoms with van der Waals surface area (Å²) in [5.74, 6) is 2.17. The number of amides is 2. The van der Waals surface area contributed by atoms with Crippen LogP contribution in [0.3, 0.4) is 0 Å². The highest BCUT2D eigenvalue weighted by Crippen LogP contribution is 2.27. The van der Waals surface area contributed by atoms with Crippen LogP contribution in [0.5, 0.6) is 5.75 Å². The molecule has 0 unspecified atom stereocenters. The highest BCUT2D eigenvalue weighted by Gasteiger charge is 2.10. The number of methoxy groups -OCH3 is 1. The number of carbonyl (C=O) groups is 1.